The fourth-order valence-electron chi connectivity index (χ4n) is 5.54. The van der Waals surface area contributed by atoms with E-state index in [0.717, 1.165) is 38.3 Å². The van der Waals surface area contributed by atoms with Crippen LogP contribution in [0, 0.1) is 5.82 Å². The summed E-state index contributed by atoms with van der Waals surface area (Å²) in [6.07, 6.45) is 7.93. The van der Waals surface area contributed by atoms with Gasteiger partial charge in [0, 0.05) is 38.3 Å². The summed E-state index contributed by atoms with van der Waals surface area (Å²) in [5.41, 5.74) is 0.111. The van der Waals surface area contributed by atoms with Gasteiger partial charge in [-0.1, -0.05) is 25.3 Å². The van der Waals surface area contributed by atoms with Crippen LogP contribution in [0.2, 0.25) is 0 Å². The van der Waals surface area contributed by atoms with Gasteiger partial charge >= 0.3 is 0 Å². The van der Waals surface area contributed by atoms with Gasteiger partial charge < -0.3 is 9.47 Å². The van der Waals surface area contributed by atoms with Crippen LogP contribution in [-0.4, -0.2) is 75.3 Å². The molecule has 1 spiro atoms. The molecule has 30 heavy (non-hydrogen) atoms. The minimum absolute atomic E-state index is 0.0419. The summed E-state index contributed by atoms with van der Waals surface area (Å²) in [4.78, 5) is 2.65. The van der Waals surface area contributed by atoms with Gasteiger partial charge in [0.1, 0.15) is 5.82 Å². The number of likely N-dealkylation sites (tertiary alicyclic amines) is 1. The van der Waals surface area contributed by atoms with Gasteiger partial charge in [0.2, 0.25) is 10.0 Å². The van der Waals surface area contributed by atoms with Crippen LogP contribution >= 0.6 is 0 Å². The molecule has 0 bridgehead atoms. The monoisotopic (exact) mass is 440 g/mol. The average molecular weight is 441 g/mol. The summed E-state index contributed by atoms with van der Waals surface area (Å²) in [6, 6.07) is 5.67. The zero-order chi connectivity index (χ0) is 21.2. The number of halogens is 1. The first-order valence-corrected chi connectivity index (χ1v) is 12.5. The second kappa shape index (κ2) is 9.20. The number of piperidine rings is 1. The molecule has 4 rings (SSSR count). The molecule has 0 N–H and O–H groups in total. The first-order chi connectivity index (χ1) is 14.5. The Balaban J connectivity index is 1.40. The maximum Gasteiger partial charge on any atom is 0.243 e. The molecule has 1 aromatic carbocycles. The summed E-state index contributed by atoms with van der Waals surface area (Å²) < 4.78 is 52.2. The van der Waals surface area contributed by atoms with Gasteiger partial charge in [-0.15, -0.1) is 0 Å². The van der Waals surface area contributed by atoms with Crippen molar-refractivity contribution >= 4 is 10.0 Å². The zero-order valence-corrected chi connectivity index (χ0v) is 18.6. The number of ether oxygens (including phenoxy) is 2. The molecular weight excluding hydrogens is 407 g/mol. The topological polar surface area (TPSA) is 59.1 Å². The van der Waals surface area contributed by atoms with Crippen LogP contribution in [0.25, 0.3) is 0 Å². The van der Waals surface area contributed by atoms with Crippen molar-refractivity contribution < 1.29 is 22.3 Å². The van der Waals surface area contributed by atoms with E-state index in [1.54, 1.807) is 7.11 Å². The van der Waals surface area contributed by atoms with Crippen molar-refractivity contribution in [3.8, 4) is 0 Å². The molecule has 1 atom stereocenters. The van der Waals surface area contributed by atoms with Crippen LogP contribution in [-0.2, 0) is 19.5 Å². The Morgan fingerprint density at radius 3 is 2.53 bits per heavy atom. The Morgan fingerprint density at radius 1 is 1.13 bits per heavy atom. The fourth-order valence-corrected chi connectivity index (χ4v) is 7.04. The van der Waals surface area contributed by atoms with Crippen molar-refractivity contribution in [3.63, 3.8) is 0 Å². The molecular formula is C22H33FN2O4S. The summed E-state index contributed by atoms with van der Waals surface area (Å²) in [5, 5.41) is 0. The molecule has 8 heteroatoms. The van der Waals surface area contributed by atoms with Gasteiger partial charge in [-0.3, -0.25) is 4.90 Å². The molecule has 0 amide bonds. The van der Waals surface area contributed by atoms with E-state index in [2.05, 4.69) is 4.90 Å². The number of sulfonamides is 1. The van der Waals surface area contributed by atoms with Crippen LogP contribution in [0.4, 0.5) is 4.39 Å². The number of hydrogen-bond acceptors (Lipinski definition) is 5. The van der Waals surface area contributed by atoms with Crippen molar-refractivity contribution in [1.29, 1.82) is 0 Å². The first-order valence-electron chi connectivity index (χ1n) is 11.1. The lowest BCUT2D eigenvalue weighted by molar-refractivity contribution is -0.203. The van der Waals surface area contributed by atoms with Crippen molar-refractivity contribution in [2.24, 2.45) is 0 Å². The van der Waals surface area contributed by atoms with Crippen LogP contribution in [0.5, 0.6) is 0 Å². The van der Waals surface area contributed by atoms with E-state index < -0.39 is 15.8 Å². The quantitative estimate of drug-likeness (QED) is 0.610. The van der Waals surface area contributed by atoms with E-state index in [9.17, 15) is 12.8 Å². The molecule has 0 aromatic heterocycles. The number of methoxy groups -OCH3 is 1. The molecule has 3 aliphatic rings. The lowest BCUT2D eigenvalue weighted by Gasteiger charge is -2.63. The Hall–Kier alpha value is -1.06. The molecule has 6 nitrogen and oxygen atoms in total. The van der Waals surface area contributed by atoms with Crippen LogP contribution in [0.15, 0.2) is 29.2 Å². The minimum Gasteiger partial charge on any atom is -0.382 e. The average Bonchev–Trinajstić information content (AvgIpc) is 2.76. The van der Waals surface area contributed by atoms with Gasteiger partial charge in [-0.25, -0.2) is 12.8 Å². The van der Waals surface area contributed by atoms with Gasteiger partial charge in [-0.05, 0) is 43.9 Å². The minimum atomic E-state index is -3.65. The summed E-state index contributed by atoms with van der Waals surface area (Å²) in [6.45, 7) is 3.12. The van der Waals surface area contributed by atoms with Gasteiger partial charge in [0.25, 0.3) is 0 Å². The van der Waals surface area contributed by atoms with Crippen molar-refractivity contribution in [3.05, 3.63) is 30.1 Å². The third-order valence-electron chi connectivity index (χ3n) is 7.16. The summed E-state index contributed by atoms with van der Waals surface area (Å²) in [5.74, 6) is -0.523. The Labute approximate surface area is 179 Å². The van der Waals surface area contributed by atoms with Crippen molar-refractivity contribution in [1.82, 2.24) is 9.21 Å². The van der Waals surface area contributed by atoms with Gasteiger partial charge in [0.15, 0.2) is 0 Å². The molecule has 2 heterocycles. The third kappa shape index (κ3) is 4.17. The predicted molar refractivity (Wildman–Crippen MR) is 112 cm³/mol. The van der Waals surface area contributed by atoms with Crippen LogP contribution < -0.4 is 0 Å². The lowest BCUT2D eigenvalue weighted by atomic mass is 9.69. The maximum atomic E-state index is 13.5. The predicted octanol–water partition coefficient (Wildman–Crippen LogP) is 3.03. The Bertz CT molecular complexity index is 820. The molecule has 1 aromatic rings. The molecule has 1 unspecified atom stereocenters. The third-order valence-corrected chi connectivity index (χ3v) is 9.05. The van der Waals surface area contributed by atoms with E-state index in [0.29, 0.717) is 32.3 Å². The van der Waals surface area contributed by atoms with Crippen LogP contribution in [0.1, 0.15) is 44.9 Å². The van der Waals surface area contributed by atoms with E-state index >= 15 is 0 Å². The molecule has 2 saturated heterocycles. The smallest absolute Gasteiger partial charge is 0.243 e. The zero-order valence-electron chi connectivity index (χ0n) is 17.8. The number of hydrogen-bond donors (Lipinski definition) is 0. The Kier molecular flexibility index (Phi) is 6.79. The highest BCUT2D eigenvalue weighted by Crippen LogP contribution is 2.47. The second-order valence-corrected chi connectivity index (χ2v) is 10.7. The molecule has 1 saturated carbocycles. The van der Waals surface area contributed by atoms with E-state index in [1.165, 1.54) is 41.8 Å². The molecule has 2 aliphatic heterocycles. The SMILES string of the molecule is COCCOC1CN(C2CCN(S(=O)(=O)c3cccc(F)c3)CC2)C12CCCCC2. The molecule has 1 aliphatic carbocycles. The highest BCUT2D eigenvalue weighted by Gasteiger charge is 2.56. The van der Waals surface area contributed by atoms with Crippen LogP contribution in [0.3, 0.4) is 0 Å². The highest BCUT2D eigenvalue weighted by molar-refractivity contribution is 7.89. The van der Waals surface area contributed by atoms with E-state index in [4.69, 9.17) is 9.47 Å². The van der Waals surface area contributed by atoms with Gasteiger partial charge in [0.05, 0.1) is 24.2 Å². The normalized spacial score (nSPS) is 26.0. The largest absolute Gasteiger partial charge is 0.382 e. The lowest BCUT2D eigenvalue weighted by Crippen LogP contribution is -2.75. The van der Waals surface area contributed by atoms with Crippen molar-refractivity contribution in [2.45, 2.75) is 67.5 Å². The fraction of sp³-hybridized carbons (Fsp3) is 0.727. The number of nitrogens with zero attached hydrogens (tertiary/aromatic N) is 2. The summed E-state index contributed by atoms with van der Waals surface area (Å²) >= 11 is 0. The Morgan fingerprint density at radius 2 is 1.87 bits per heavy atom. The van der Waals surface area contributed by atoms with Gasteiger partial charge in [-0.2, -0.15) is 4.31 Å². The molecule has 3 fully saturated rings. The maximum absolute atomic E-state index is 13.5. The molecule has 0 radical (unpaired) electrons. The van der Waals surface area contributed by atoms with E-state index in [-0.39, 0.29) is 16.5 Å². The highest BCUT2D eigenvalue weighted by atomic mass is 32.2. The number of rotatable bonds is 7. The standard InChI is InChI=1S/C22H33FN2O4S/c1-28-14-15-29-21-17-25(22(21)10-3-2-4-11-22)19-8-12-24(13-9-19)30(26,27)20-7-5-6-18(23)16-20/h5-7,16,19,21H,2-4,8-15,17H2,1H3. The van der Waals surface area contributed by atoms with Crippen molar-refractivity contribution in [2.75, 3.05) is 40.0 Å². The second-order valence-electron chi connectivity index (χ2n) is 8.76. The molecule has 168 valence electrons. The van der Waals surface area contributed by atoms with E-state index in [1.807, 2.05) is 0 Å². The number of benzene rings is 1. The summed E-state index contributed by atoms with van der Waals surface area (Å²) in [7, 11) is -1.95. The first kappa shape index (κ1) is 22.1.